The van der Waals surface area contributed by atoms with Gasteiger partial charge in [0.1, 0.15) is 12.4 Å². The van der Waals surface area contributed by atoms with Gasteiger partial charge in [-0.1, -0.05) is 36.4 Å². The number of ether oxygens (including phenoxy) is 1. The third-order valence-electron chi connectivity index (χ3n) is 3.74. The Morgan fingerprint density at radius 2 is 2.00 bits per heavy atom. The average molecular weight is 333 g/mol. The molecule has 1 aliphatic rings. The summed E-state index contributed by atoms with van der Waals surface area (Å²) in [5, 5.41) is 6.28. The van der Waals surface area contributed by atoms with Gasteiger partial charge in [0.15, 0.2) is 0 Å². The van der Waals surface area contributed by atoms with Crippen molar-refractivity contribution in [3.8, 4) is 5.75 Å². The molecule has 23 heavy (non-hydrogen) atoms. The molecule has 122 valence electrons. The van der Waals surface area contributed by atoms with E-state index in [-0.39, 0.29) is 24.4 Å². The summed E-state index contributed by atoms with van der Waals surface area (Å²) in [7, 11) is 0. The summed E-state index contributed by atoms with van der Waals surface area (Å²) < 4.78 is 5.76. The van der Waals surface area contributed by atoms with Crippen LogP contribution in [0, 0.1) is 0 Å². The fourth-order valence-corrected chi connectivity index (χ4v) is 2.51. The number of nitrogens with one attached hydrogen (secondary N) is 2. The fraction of sp³-hybridized carbons (Fsp3) is 0.278. The Hall–Kier alpha value is -2.04. The van der Waals surface area contributed by atoms with Crippen LogP contribution in [0.2, 0.25) is 0 Å². The Morgan fingerprint density at radius 1 is 1.17 bits per heavy atom. The molecule has 2 aromatic carbocycles. The van der Waals surface area contributed by atoms with Gasteiger partial charge < -0.3 is 15.4 Å². The van der Waals surface area contributed by atoms with Crippen LogP contribution in [0.15, 0.2) is 54.6 Å². The molecule has 3 rings (SSSR count). The second-order valence-corrected chi connectivity index (χ2v) is 5.47. The second-order valence-electron chi connectivity index (χ2n) is 5.47. The highest BCUT2D eigenvalue weighted by Crippen LogP contribution is 2.15. The molecule has 0 aromatic heterocycles. The van der Waals surface area contributed by atoms with Crippen molar-refractivity contribution in [2.45, 2.75) is 19.1 Å². The van der Waals surface area contributed by atoms with Crippen LogP contribution in [0.25, 0.3) is 0 Å². The maximum atomic E-state index is 12.2. The third kappa shape index (κ3) is 4.98. The highest BCUT2D eigenvalue weighted by Gasteiger charge is 2.17. The summed E-state index contributed by atoms with van der Waals surface area (Å²) >= 11 is 0. The lowest BCUT2D eigenvalue weighted by atomic mass is 10.1. The molecule has 0 spiro atoms. The van der Waals surface area contributed by atoms with Crippen LogP contribution in [-0.2, 0) is 6.61 Å². The van der Waals surface area contributed by atoms with Crippen LogP contribution in [-0.4, -0.2) is 25.0 Å². The topological polar surface area (TPSA) is 50.4 Å². The van der Waals surface area contributed by atoms with E-state index >= 15 is 0 Å². The van der Waals surface area contributed by atoms with Crippen molar-refractivity contribution >= 4 is 18.3 Å². The molecule has 0 aliphatic carbocycles. The Bertz CT molecular complexity index is 628. The van der Waals surface area contributed by atoms with Crippen molar-refractivity contribution in [1.29, 1.82) is 0 Å². The number of halogens is 1. The molecule has 1 amide bonds. The number of rotatable bonds is 5. The predicted octanol–water partition coefficient (Wildman–Crippen LogP) is 2.78. The Labute approximate surface area is 142 Å². The van der Waals surface area contributed by atoms with Gasteiger partial charge in [-0.2, -0.15) is 0 Å². The number of hydrogen-bond donors (Lipinski definition) is 2. The predicted molar refractivity (Wildman–Crippen MR) is 93.2 cm³/mol. The number of hydrogen-bond acceptors (Lipinski definition) is 3. The first-order chi connectivity index (χ1) is 10.8. The third-order valence-corrected chi connectivity index (χ3v) is 3.74. The fourth-order valence-electron chi connectivity index (χ4n) is 2.51. The van der Waals surface area contributed by atoms with Crippen LogP contribution < -0.4 is 15.4 Å². The maximum absolute atomic E-state index is 12.2. The minimum absolute atomic E-state index is 0. The van der Waals surface area contributed by atoms with Crippen molar-refractivity contribution in [2.24, 2.45) is 0 Å². The standard InChI is InChI=1S/C18H20N2O2.ClH/c21-18(20-16-9-10-19-12-16)15-7-4-8-17(11-15)22-13-14-5-2-1-3-6-14;/h1-8,11,16,19H,9-10,12-13H2,(H,20,21);1H. The molecule has 1 atom stereocenters. The van der Waals surface area contributed by atoms with Gasteiger partial charge in [0.05, 0.1) is 0 Å². The lowest BCUT2D eigenvalue weighted by Gasteiger charge is -2.12. The molecule has 1 aliphatic heterocycles. The summed E-state index contributed by atoms with van der Waals surface area (Å²) in [4.78, 5) is 12.2. The van der Waals surface area contributed by atoms with E-state index in [4.69, 9.17) is 4.74 Å². The van der Waals surface area contributed by atoms with Gasteiger partial charge in [0, 0.05) is 18.2 Å². The SMILES string of the molecule is Cl.O=C(NC1CCNC1)c1cccc(OCc2ccccc2)c1. The van der Waals surface area contributed by atoms with E-state index in [0.717, 1.165) is 25.1 Å². The minimum atomic E-state index is -0.0427. The van der Waals surface area contributed by atoms with Crippen LogP contribution in [0.4, 0.5) is 0 Å². The Morgan fingerprint density at radius 3 is 2.74 bits per heavy atom. The number of benzene rings is 2. The Kier molecular flexibility index (Phi) is 6.44. The van der Waals surface area contributed by atoms with Gasteiger partial charge in [0.25, 0.3) is 5.91 Å². The highest BCUT2D eigenvalue weighted by atomic mass is 35.5. The van der Waals surface area contributed by atoms with Crippen molar-refractivity contribution in [3.63, 3.8) is 0 Å². The molecule has 0 saturated carbocycles. The van der Waals surface area contributed by atoms with E-state index in [0.29, 0.717) is 17.9 Å². The lowest BCUT2D eigenvalue weighted by Crippen LogP contribution is -2.36. The molecule has 2 N–H and O–H groups in total. The first-order valence-corrected chi connectivity index (χ1v) is 7.59. The molecule has 5 heteroatoms. The first-order valence-electron chi connectivity index (χ1n) is 7.59. The van der Waals surface area contributed by atoms with Crippen molar-refractivity contribution in [3.05, 3.63) is 65.7 Å². The zero-order chi connectivity index (χ0) is 15.2. The molecule has 0 bridgehead atoms. The normalized spacial score (nSPS) is 16.4. The molecule has 1 unspecified atom stereocenters. The number of carbonyl (C=O) groups is 1. The van der Waals surface area contributed by atoms with E-state index in [1.54, 1.807) is 6.07 Å². The van der Waals surface area contributed by atoms with Gasteiger partial charge in [-0.05, 0) is 36.7 Å². The molecular formula is C18H21ClN2O2. The van der Waals surface area contributed by atoms with E-state index < -0.39 is 0 Å². The van der Waals surface area contributed by atoms with Gasteiger partial charge in [-0.15, -0.1) is 12.4 Å². The molecule has 1 heterocycles. The summed E-state index contributed by atoms with van der Waals surface area (Å²) in [6, 6.07) is 17.5. The van der Waals surface area contributed by atoms with Crippen LogP contribution >= 0.6 is 12.4 Å². The monoisotopic (exact) mass is 332 g/mol. The Balaban J connectivity index is 0.00000192. The molecule has 1 fully saturated rings. The minimum Gasteiger partial charge on any atom is -0.489 e. The zero-order valence-electron chi connectivity index (χ0n) is 12.8. The first kappa shape index (κ1) is 17.3. The van der Waals surface area contributed by atoms with Gasteiger partial charge >= 0.3 is 0 Å². The summed E-state index contributed by atoms with van der Waals surface area (Å²) in [6.45, 7) is 2.31. The van der Waals surface area contributed by atoms with Crippen molar-refractivity contribution in [2.75, 3.05) is 13.1 Å². The van der Waals surface area contributed by atoms with E-state index in [2.05, 4.69) is 10.6 Å². The lowest BCUT2D eigenvalue weighted by molar-refractivity contribution is 0.0939. The maximum Gasteiger partial charge on any atom is 0.251 e. The van der Waals surface area contributed by atoms with Crippen LogP contribution in [0.1, 0.15) is 22.3 Å². The number of carbonyl (C=O) groups excluding carboxylic acids is 1. The largest absolute Gasteiger partial charge is 0.489 e. The van der Waals surface area contributed by atoms with E-state index in [1.807, 2.05) is 48.5 Å². The van der Waals surface area contributed by atoms with Gasteiger partial charge in [-0.25, -0.2) is 0 Å². The average Bonchev–Trinajstić information content (AvgIpc) is 3.07. The summed E-state index contributed by atoms with van der Waals surface area (Å²) in [5.74, 6) is 0.667. The highest BCUT2D eigenvalue weighted by molar-refractivity contribution is 5.94. The quantitative estimate of drug-likeness (QED) is 0.885. The van der Waals surface area contributed by atoms with Crippen molar-refractivity contribution in [1.82, 2.24) is 10.6 Å². The van der Waals surface area contributed by atoms with E-state index in [9.17, 15) is 4.79 Å². The molecule has 0 radical (unpaired) electrons. The molecule has 1 saturated heterocycles. The summed E-state index contributed by atoms with van der Waals surface area (Å²) in [5.41, 5.74) is 1.74. The van der Waals surface area contributed by atoms with Gasteiger partial charge in [-0.3, -0.25) is 4.79 Å². The second kappa shape index (κ2) is 8.56. The molecule has 4 nitrogen and oxygen atoms in total. The number of amides is 1. The van der Waals surface area contributed by atoms with Crippen LogP contribution in [0.5, 0.6) is 5.75 Å². The van der Waals surface area contributed by atoms with E-state index in [1.165, 1.54) is 0 Å². The van der Waals surface area contributed by atoms with Gasteiger partial charge in [0.2, 0.25) is 0 Å². The zero-order valence-corrected chi connectivity index (χ0v) is 13.6. The summed E-state index contributed by atoms with van der Waals surface area (Å²) in [6.07, 6.45) is 0.982. The van der Waals surface area contributed by atoms with Crippen LogP contribution in [0.3, 0.4) is 0 Å². The molecular weight excluding hydrogens is 312 g/mol. The smallest absolute Gasteiger partial charge is 0.251 e. The van der Waals surface area contributed by atoms with Crippen molar-refractivity contribution < 1.29 is 9.53 Å². The molecule has 2 aromatic rings.